The molecule has 8 aliphatic rings. The number of hydrogen-bond acceptors (Lipinski definition) is 7. The highest BCUT2D eigenvalue weighted by molar-refractivity contribution is 6.19. The normalized spacial score (nSPS) is 48.5. The number of Topliss-reactive ketones (excluding diaryl/α,β-unsaturated/α-hetero) is 1. The average molecular weight is 533 g/mol. The average Bonchev–Trinajstić information content (AvgIpc) is 3.82. The predicted octanol–water partition coefficient (Wildman–Crippen LogP) is 3.77. The minimum Gasteiger partial charge on any atom is -0.469 e. The van der Waals surface area contributed by atoms with E-state index in [9.17, 15) is 9.59 Å². The Labute approximate surface area is 230 Å². The van der Waals surface area contributed by atoms with Crippen LogP contribution in [0.4, 0.5) is 0 Å². The van der Waals surface area contributed by atoms with E-state index in [1.807, 2.05) is 12.1 Å². The highest BCUT2D eigenvalue weighted by atomic mass is 16.5. The molecule has 0 aliphatic heterocycles. The number of rotatable bonds is 2. The van der Waals surface area contributed by atoms with Crippen LogP contribution in [-0.4, -0.2) is 41.9 Å². The molecule has 200 valence electrons. The summed E-state index contributed by atoms with van der Waals surface area (Å²) in [7, 11) is 2.88. The molecule has 2 heterocycles. The van der Waals surface area contributed by atoms with E-state index >= 15 is 4.79 Å². The molecule has 40 heavy (non-hydrogen) atoms. The van der Waals surface area contributed by atoms with Gasteiger partial charge in [-0.05, 0) is 84.5 Å². The Morgan fingerprint density at radius 1 is 0.725 bits per heavy atom. The fourth-order valence-electron chi connectivity index (χ4n) is 13.5. The van der Waals surface area contributed by atoms with E-state index in [-0.39, 0.29) is 65.1 Å². The van der Waals surface area contributed by atoms with Crippen molar-refractivity contribution in [1.82, 2.24) is 9.97 Å². The second-order valence-electron chi connectivity index (χ2n) is 13.7. The van der Waals surface area contributed by atoms with E-state index in [0.29, 0.717) is 0 Å². The summed E-state index contributed by atoms with van der Waals surface area (Å²) >= 11 is 0. The molecule has 8 aliphatic carbocycles. The zero-order valence-corrected chi connectivity index (χ0v) is 22.7. The van der Waals surface area contributed by atoms with Gasteiger partial charge < -0.3 is 9.47 Å². The number of aromatic nitrogens is 2. The monoisotopic (exact) mass is 532 g/mol. The molecule has 7 nitrogen and oxygen atoms in total. The fraction of sp³-hybridized carbons (Fsp3) is 0.485. The summed E-state index contributed by atoms with van der Waals surface area (Å²) in [5, 5.41) is 1.94. The van der Waals surface area contributed by atoms with Crippen molar-refractivity contribution >= 4 is 39.5 Å². The van der Waals surface area contributed by atoms with Crippen molar-refractivity contribution in [2.45, 2.75) is 24.7 Å². The van der Waals surface area contributed by atoms with E-state index in [0.717, 1.165) is 32.9 Å². The van der Waals surface area contributed by atoms with E-state index in [1.165, 1.54) is 14.2 Å². The first-order valence-corrected chi connectivity index (χ1v) is 14.4. The topological polar surface area (TPSA) is 95.5 Å². The van der Waals surface area contributed by atoms with Crippen LogP contribution in [0, 0.1) is 58.2 Å². The lowest BCUT2D eigenvalue weighted by Crippen LogP contribution is -2.65. The maximum atomic E-state index is 15.0. The number of benzene rings is 1. The molecule has 2 unspecified atom stereocenters. The van der Waals surface area contributed by atoms with Crippen molar-refractivity contribution in [2.24, 2.45) is 58.2 Å². The van der Waals surface area contributed by atoms with Crippen molar-refractivity contribution in [3.63, 3.8) is 0 Å². The number of methoxy groups -OCH3 is 2. The van der Waals surface area contributed by atoms with Gasteiger partial charge in [0.15, 0.2) is 5.78 Å². The van der Waals surface area contributed by atoms with Crippen LogP contribution in [0.3, 0.4) is 0 Å². The van der Waals surface area contributed by atoms with E-state index in [4.69, 9.17) is 19.4 Å². The molecule has 0 radical (unpaired) electrons. The molecular formula is C33H28N2O5. The highest BCUT2D eigenvalue weighted by Gasteiger charge is 3.01. The number of carbonyl (C=O) groups is 3. The highest BCUT2D eigenvalue weighted by Crippen LogP contribution is 2.97. The summed E-state index contributed by atoms with van der Waals surface area (Å²) < 4.78 is 11.2. The standard InChI is InChI=1S/C33H28N2O5/c1-30-19-13-7-5-11-34-25(13)26-14(8-6-12-35-26)20(19)31(2,27(30)36)24-22-18-17-15-9-10-16(17)33(22,29(38)40-4)32(15,28(37)39-3)21(18)23(24)30/h5-12,15-18,21-24H,1-4H3/t15-,16+,17?,18?,21-,22+,23+,24-,30+,31-,32-,33+. The maximum absolute atomic E-state index is 15.0. The zero-order valence-electron chi connectivity index (χ0n) is 22.7. The van der Waals surface area contributed by atoms with Gasteiger partial charge in [0, 0.05) is 23.2 Å². The molecule has 7 heteroatoms. The molecule has 3 aromatic rings. The summed E-state index contributed by atoms with van der Waals surface area (Å²) in [5.74, 6) is -0.493. The van der Waals surface area contributed by atoms with Crippen LogP contribution in [0.2, 0.25) is 0 Å². The number of ketones is 1. The Kier molecular flexibility index (Phi) is 3.33. The maximum Gasteiger partial charge on any atom is 0.313 e. The van der Waals surface area contributed by atoms with E-state index in [1.54, 1.807) is 12.4 Å². The van der Waals surface area contributed by atoms with Gasteiger partial charge >= 0.3 is 11.9 Å². The minimum absolute atomic E-state index is 0.0550. The summed E-state index contributed by atoms with van der Waals surface area (Å²) in [5.41, 5.74) is 0.115. The number of pyridine rings is 2. The van der Waals surface area contributed by atoms with E-state index < -0.39 is 21.7 Å². The summed E-state index contributed by atoms with van der Waals surface area (Å²) in [6.07, 6.45) is 7.90. The van der Waals surface area contributed by atoms with Crippen molar-refractivity contribution in [1.29, 1.82) is 0 Å². The third kappa shape index (κ3) is 1.57. The molecule has 0 amide bonds. The van der Waals surface area contributed by atoms with Crippen molar-refractivity contribution < 1.29 is 23.9 Å². The minimum atomic E-state index is -0.994. The van der Waals surface area contributed by atoms with Crippen LogP contribution >= 0.6 is 0 Å². The van der Waals surface area contributed by atoms with Gasteiger partial charge in [-0.1, -0.05) is 24.3 Å². The number of carbonyl (C=O) groups excluding carboxylic acids is 3. The Morgan fingerprint density at radius 3 is 1.60 bits per heavy atom. The molecule has 2 aromatic heterocycles. The fourth-order valence-corrected chi connectivity index (χ4v) is 13.5. The zero-order chi connectivity index (χ0) is 27.3. The third-order valence-corrected chi connectivity index (χ3v) is 13.6. The molecule has 1 aromatic carbocycles. The quantitative estimate of drug-likeness (QED) is 0.282. The molecule has 0 spiro atoms. The first-order chi connectivity index (χ1) is 19.3. The number of allylic oxidation sites excluding steroid dienone is 2. The molecule has 6 fully saturated rings. The van der Waals surface area contributed by atoms with Gasteiger partial charge in [-0.15, -0.1) is 0 Å². The van der Waals surface area contributed by atoms with Gasteiger partial charge in [0.1, 0.15) is 0 Å². The first-order valence-electron chi connectivity index (χ1n) is 14.4. The third-order valence-electron chi connectivity index (χ3n) is 13.6. The van der Waals surface area contributed by atoms with Crippen molar-refractivity contribution in [3.05, 3.63) is 59.9 Å². The summed E-state index contributed by atoms with van der Waals surface area (Å²) in [6.45, 7) is 4.24. The second kappa shape index (κ2) is 6.02. The van der Waals surface area contributed by atoms with Crippen LogP contribution in [0.5, 0.6) is 0 Å². The smallest absolute Gasteiger partial charge is 0.313 e. The molecule has 6 saturated carbocycles. The Morgan fingerprint density at radius 2 is 1.18 bits per heavy atom. The van der Waals surface area contributed by atoms with Crippen LogP contribution in [0.25, 0.3) is 21.8 Å². The van der Waals surface area contributed by atoms with Gasteiger partial charge in [-0.3, -0.25) is 24.4 Å². The number of ether oxygens (including phenoxy) is 2. The van der Waals surface area contributed by atoms with Gasteiger partial charge in [0.25, 0.3) is 0 Å². The Hall–Kier alpha value is -3.61. The number of esters is 2. The SMILES string of the molecule is COC(=O)[C@]12[C@H]3C=C[C@@H]4C3C3[C@H]([C@H]5[C@@H]([C@H]31)[C@]1(C)C(=O)[C@@]5(C)c3c1c1cccnc1c1ncccc31)[C@@]42C(=O)OC. The van der Waals surface area contributed by atoms with Gasteiger partial charge in [-0.2, -0.15) is 0 Å². The predicted molar refractivity (Wildman–Crippen MR) is 143 cm³/mol. The largest absolute Gasteiger partial charge is 0.469 e. The van der Waals surface area contributed by atoms with Gasteiger partial charge in [0.2, 0.25) is 0 Å². The lowest BCUT2D eigenvalue weighted by Gasteiger charge is -2.57. The van der Waals surface area contributed by atoms with E-state index in [2.05, 4.69) is 38.1 Å². The Balaban J connectivity index is 1.35. The number of hydrogen-bond donors (Lipinski definition) is 0. The molecular weight excluding hydrogens is 504 g/mol. The van der Waals surface area contributed by atoms with Crippen LogP contribution < -0.4 is 0 Å². The lowest BCUT2D eigenvalue weighted by molar-refractivity contribution is -0.197. The van der Waals surface area contributed by atoms with Crippen molar-refractivity contribution in [3.8, 4) is 0 Å². The lowest BCUT2D eigenvalue weighted by atomic mass is 9.43. The van der Waals surface area contributed by atoms with Crippen molar-refractivity contribution in [2.75, 3.05) is 14.2 Å². The Bertz CT molecular complexity index is 1740. The number of fused-ring (bicyclic) bond motifs is 13. The van der Waals surface area contributed by atoms with Gasteiger partial charge in [0.05, 0.1) is 46.9 Å². The molecule has 11 rings (SSSR count). The molecule has 10 bridgehead atoms. The summed E-state index contributed by atoms with van der Waals surface area (Å²) in [6, 6.07) is 8.01. The number of nitrogens with zero attached hydrogens (tertiary/aromatic N) is 2. The van der Waals surface area contributed by atoms with Crippen LogP contribution in [0.1, 0.15) is 25.0 Å². The second-order valence-corrected chi connectivity index (χ2v) is 13.7. The van der Waals surface area contributed by atoms with Gasteiger partial charge in [-0.25, -0.2) is 0 Å². The molecule has 12 atom stereocenters. The summed E-state index contributed by atoms with van der Waals surface area (Å²) in [4.78, 5) is 52.9. The molecule has 0 saturated heterocycles. The molecule has 0 N–H and O–H groups in total. The first kappa shape index (κ1) is 22.1. The van der Waals surface area contributed by atoms with Crippen LogP contribution in [-0.2, 0) is 34.7 Å². The van der Waals surface area contributed by atoms with Crippen LogP contribution in [0.15, 0.2) is 48.8 Å².